The van der Waals surface area contributed by atoms with Gasteiger partial charge in [0, 0.05) is 49.6 Å². The van der Waals surface area contributed by atoms with Crippen molar-refractivity contribution in [1.82, 2.24) is 9.88 Å². The molecule has 0 unspecified atom stereocenters. The topological polar surface area (TPSA) is 99.5 Å². The van der Waals surface area contributed by atoms with E-state index in [1.807, 2.05) is 11.9 Å². The van der Waals surface area contributed by atoms with Crippen LogP contribution in [0.15, 0.2) is 48.7 Å². The first-order chi connectivity index (χ1) is 16.9. The van der Waals surface area contributed by atoms with Crippen LogP contribution in [0.4, 0.5) is 21.5 Å². The zero-order chi connectivity index (χ0) is 25.4. The Morgan fingerprint density at radius 2 is 2.11 bits per heavy atom. The van der Waals surface area contributed by atoms with Crippen LogP contribution in [0.1, 0.15) is 5.56 Å². The van der Waals surface area contributed by atoms with E-state index in [2.05, 4.69) is 21.7 Å². The van der Waals surface area contributed by atoms with Crippen molar-refractivity contribution in [3.63, 3.8) is 0 Å². The molecule has 1 heterocycles. The Morgan fingerprint density at radius 3 is 2.80 bits per heavy atom. The summed E-state index contributed by atoms with van der Waals surface area (Å²) in [5, 5.41) is 16.1. The first-order valence-corrected chi connectivity index (χ1v) is 11.0. The molecule has 2 aromatic carbocycles. The average molecular weight is 498 g/mol. The van der Waals surface area contributed by atoms with Crippen molar-refractivity contribution in [2.45, 2.75) is 0 Å². The molecule has 0 aliphatic rings. The minimum Gasteiger partial charge on any atom is -0.494 e. The van der Waals surface area contributed by atoms with Crippen molar-refractivity contribution < 1.29 is 18.7 Å². The quantitative estimate of drug-likeness (QED) is 0.391. The summed E-state index contributed by atoms with van der Waals surface area (Å²) < 4.78 is 24.1. The van der Waals surface area contributed by atoms with Crippen molar-refractivity contribution in [1.29, 1.82) is 5.26 Å². The van der Waals surface area contributed by atoms with Crippen LogP contribution in [-0.2, 0) is 9.53 Å². The second-order valence-corrected chi connectivity index (χ2v) is 8.04. The molecule has 0 atom stereocenters. The highest BCUT2D eigenvalue weighted by Gasteiger charge is 2.15. The van der Waals surface area contributed by atoms with Crippen LogP contribution >= 0.6 is 11.6 Å². The van der Waals surface area contributed by atoms with Gasteiger partial charge < -0.3 is 25.0 Å². The van der Waals surface area contributed by atoms with Crippen molar-refractivity contribution in [3.8, 4) is 11.8 Å². The van der Waals surface area contributed by atoms with Crippen LogP contribution in [-0.4, -0.2) is 56.8 Å². The van der Waals surface area contributed by atoms with Gasteiger partial charge in [0.1, 0.15) is 17.6 Å². The predicted octanol–water partition coefficient (Wildman–Crippen LogP) is 4.72. The van der Waals surface area contributed by atoms with E-state index in [9.17, 15) is 14.4 Å². The molecule has 8 nitrogen and oxygen atoms in total. The van der Waals surface area contributed by atoms with Crippen molar-refractivity contribution in [2.24, 2.45) is 0 Å². The van der Waals surface area contributed by atoms with Gasteiger partial charge in [-0.25, -0.2) is 4.39 Å². The second kappa shape index (κ2) is 12.1. The molecule has 182 valence electrons. The summed E-state index contributed by atoms with van der Waals surface area (Å²) >= 11 is 5.91. The van der Waals surface area contributed by atoms with E-state index in [4.69, 9.17) is 21.1 Å². The van der Waals surface area contributed by atoms with Gasteiger partial charge in [-0.05, 0) is 31.3 Å². The summed E-state index contributed by atoms with van der Waals surface area (Å²) in [5.41, 5.74) is 2.12. The number of pyridine rings is 1. The number of carbonyl (C=O) groups is 1. The highest BCUT2D eigenvalue weighted by molar-refractivity contribution is 6.31. The lowest BCUT2D eigenvalue weighted by molar-refractivity contribution is -0.111. The number of benzene rings is 2. The molecule has 1 aromatic heterocycles. The number of carbonyl (C=O) groups excluding carboxylic acids is 1. The number of rotatable bonds is 10. The van der Waals surface area contributed by atoms with Gasteiger partial charge in [-0.15, -0.1) is 0 Å². The Kier molecular flexibility index (Phi) is 8.98. The second-order valence-electron chi connectivity index (χ2n) is 7.63. The van der Waals surface area contributed by atoms with Gasteiger partial charge in [-0.3, -0.25) is 9.78 Å². The molecule has 0 saturated heterocycles. The lowest BCUT2D eigenvalue weighted by Crippen LogP contribution is -2.23. The molecule has 0 bridgehead atoms. The fourth-order valence-corrected chi connectivity index (χ4v) is 3.46. The lowest BCUT2D eigenvalue weighted by Gasteiger charge is -2.15. The molecule has 2 N–H and O–H groups in total. The molecule has 0 aliphatic heterocycles. The summed E-state index contributed by atoms with van der Waals surface area (Å²) in [5.74, 6) is -0.485. The molecule has 10 heteroatoms. The summed E-state index contributed by atoms with van der Waals surface area (Å²) in [6.07, 6.45) is 4.62. The maximum atomic E-state index is 13.6. The Bertz CT molecular complexity index is 1290. The van der Waals surface area contributed by atoms with Crippen LogP contribution in [0.2, 0.25) is 5.02 Å². The highest BCUT2D eigenvalue weighted by Crippen LogP contribution is 2.36. The van der Waals surface area contributed by atoms with Gasteiger partial charge in [0.15, 0.2) is 0 Å². The number of fused-ring (bicyclic) bond motifs is 1. The van der Waals surface area contributed by atoms with Crippen LogP contribution in [0.25, 0.3) is 10.9 Å². The number of amides is 1. The van der Waals surface area contributed by atoms with Gasteiger partial charge in [-0.2, -0.15) is 5.26 Å². The number of likely N-dealkylation sites (N-methyl/N-ethyl adjacent to an activating group) is 1. The summed E-state index contributed by atoms with van der Waals surface area (Å²) in [6, 6.07) is 9.60. The Hall–Kier alpha value is -3.71. The number of nitrogens with zero attached hydrogens (tertiary/aromatic N) is 3. The molecule has 0 fully saturated rings. The monoisotopic (exact) mass is 497 g/mol. The third-order valence-electron chi connectivity index (χ3n) is 5.12. The number of aromatic nitrogens is 1. The number of methoxy groups -OCH3 is 2. The number of halogens is 2. The number of anilines is 3. The van der Waals surface area contributed by atoms with Crippen molar-refractivity contribution in [3.05, 3.63) is 65.1 Å². The SMILES string of the molecule is COCCN(C)C/C=C/C(=O)Nc1cc2c(Nc3ccc(F)c(Cl)c3)c(C#N)cnc2cc1OC. The van der Waals surface area contributed by atoms with Gasteiger partial charge in [0.25, 0.3) is 0 Å². The van der Waals surface area contributed by atoms with Crippen molar-refractivity contribution >= 4 is 45.5 Å². The average Bonchev–Trinajstić information content (AvgIpc) is 2.84. The van der Waals surface area contributed by atoms with E-state index < -0.39 is 5.82 Å². The maximum Gasteiger partial charge on any atom is 0.248 e. The summed E-state index contributed by atoms with van der Waals surface area (Å²) in [7, 11) is 5.05. The van der Waals surface area contributed by atoms with E-state index in [1.165, 1.54) is 37.6 Å². The van der Waals surface area contributed by atoms with Crippen LogP contribution < -0.4 is 15.4 Å². The first kappa shape index (κ1) is 25.9. The molecule has 0 spiro atoms. The zero-order valence-electron chi connectivity index (χ0n) is 19.6. The predicted molar refractivity (Wildman–Crippen MR) is 135 cm³/mol. The molecule has 0 radical (unpaired) electrons. The minimum absolute atomic E-state index is 0.0545. The lowest BCUT2D eigenvalue weighted by atomic mass is 10.1. The fraction of sp³-hybridized carbons (Fsp3) is 0.240. The third kappa shape index (κ3) is 6.67. The molecule has 3 aromatic rings. The van der Waals surface area contributed by atoms with E-state index in [0.717, 1.165) is 6.54 Å². The van der Waals surface area contributed by atoms with E-state index >= 15 is 0 Å². The number of nitriles is 1. The van der Waals surface area contributed by atoms with Gasteiger partial charge in [-0.1, -0.05) is 17.7 Å². The van der Waals surface area contributed by atoms with Crippen LogP contribution in [0, 0.1) is 17.1 Å². The first-order valence-electron chi connectivity index (χ1n) is 10.6. The van der Waals surface area contributed by atoms with E-state index in [0.29, 0.717) is 46.9 Å². The maximum absolute atomic E-state index is 13.6. The number of ether oxygens (including phenoxy) is 2. The van der Waals surface area contributed by atoms with Crippen LogP contribution in [0.3, 0.4) is 0 Å². The fourth-order valence-electron chi connectivity index (χ4n) is 3.28. The zero-order valence-corrected chi connectivity index (χ0v) is 20.3. The van der Waals surface area contributed by atoms with E-state index in [-0.39, 0.29) is 16.5 Å². The molecule has 35 heavy (non-hydrogen) atoms. The number of hydrogen-bond donors (Lipinski definition) is 2. The van der Waals surface area contributed by atoms with Gasteiger partial charge in [0.05, 0.1) is 41.2 Å². The highest BCUT2D eigenvalue weighted by atomic mass is 35.5. The summed E-state index contributed by atoms with van der Waals surface area (Å²) in [6.45, 7) is 1.92. The molecule has 1 amide bonds. The Morgan fingerprint density at radius 1 is 1.31 bits per heavy atom. The van der Waals surface area contributed by atoms with Crippen molar-refractivity contribution in [2.75, 3.05) is 51.6 Å². The molecule has 3 rings (SSSR count). The number of nitrogens with one attached hydrogen (secondary N) is 2. The smallest absolute Gasteiger partial charge is 0.248 e. The van der Waals surface area contributed by atoms with Gasteiger partial charge in [0.2, 0.25) is 5.91 Å². The normalized spacial score (nSPS) is 11.1. The summed E-state index contributed by atoms with van der Waals surface area (Å²) in [4.78, 5) is 18.9. The minimum atomic E-state index is -0.551. The van der Waals surface area contributed by atoms with E-state index in [1.54, 1.807) is 25.3 Å². The molecule has 0 saturated carbocycles. The molecule has 0 aliphatic carbocycles. The standard InChI is InChI=1S/C25H25ClFN5O3/c1-32(9-10-34-2)8-4-5-24(33)31-22-12-18-21(13-23(22)35-3)29-15-16(14-28)25(18)30-17-6-7-20(27)19(26)11-17/h4-7,11-13,15H,8-10H2,1-3H3,(H,29,30)(H,31,33)/b5-4+. The Labute approximate surface area is 207 Å². The number of hydrogen-bond acceptors (Lipinski definition) is 7. The third-order valence-corrected chi connectivity index (χ3v) is 5.41. The van der Waals surface area contributed by atoms with Gasteiger partial charge >= 0.3 is 0 Å². The molecular weight excluding hydrogens is 473 g/mol. The molecular formula is C25H25ClFN5O3. The Balaban J connectivity index is 1.92. The largest absolute Gasteiger partial charge is 0.494 e. The van der Waals surface area contributed by atoms with Crippen LogP contribution in [0.5, 0.6) is 5.75 Å².